The number of amides is 1. The zero-order valence-corrected chi connectivity index (χ0v) is 16.9. The molecule has 0 bridgehead atoms. The van der Waals surface area contributed by atoms with E-state index in [0.717, 1.165) is 35.4 Å². The zero-order chi connectivity index (χ0) is 20.3. The van der Waals surface area contributed by atoms with Gasteiger partial charge in [0, 0.05) is 24.7 Å². The molecule has 1 amide bonds. The number of benzene rings is 1. The van der Waals surface area contributed by atoms with Gasteiger partial charge in [-0.25, -0.2) is 9.59 Å². The largest absolute Gasteiger partial charge is 0.465 e. The van der Waals surface area contributed by atoms with Crippen LogP contribution in [0.3, 0.4) is 0 Å². The molecule has 0 radical (unpaired) electrons. The minimum atomic E-state index is -0.583. The van der Waals surface area contributed by atoms with Crippen molar-refractivity contribution in [1.82, 2.24) is 0 Å². The van der Waals surface area contributed by atoms with E-state index >= 15 is 0 Å². The van der Waals surface area contributed by atoms with Crippen molar-refractivity contribution in [1.29, 1.82) is 0 Å². The van der Waals surface area contributed by atoms with E-state index in [4.69, 9.17) is 9.47 Å². The van der Waals surface area contributed by atoms with Crippen molar-refractivity contribution in [3.63, 3.8) is 0 Å². The molecule has 2 aromatic rings. The van der Waals surface area contributed by atoms with Gasteiger partial charge in [0.15, 0.2) is 6.61 Å². The number of hydrogen-bond acceptors (Lipinski definition) is 7. The van der Waals surface area contributed by atoms with Crippen LogP contribution in [-0.2, 0) is 27.1 Å². The molecule has 0 aliphatic heterocycles. The first-order chi connectivity index (χ1) is 13.4. The fourth-order valence-electron chi connectivity index (χ4n) is 3.10. The molecule has 1 aromatic heterocycles. The van der Waals surface area contributed by atoms with Crippen LogP contribution < -0.4 is 10.2 Å². The number of carbonyl (C=O) groups excluding carboxylic acids is 3. The van der Waals surface area contributed by atoms with E-state index in [2.05, 4.69) is 5.32 Å². The van der Waals surface area contributed by atoms with Crippen molar-refractivity contribution in [2.24, 2.45) is 0 Å². The lowest BCUT2D eigenvalue weighted by molar-refractivity contribution is -0.119. The molecule has 1 heterocycles. The Balaban J connectivity index is 1.64. The Bertz CT molecular complexity index is 919. The summed E-state index contributed by atoms with van der Waals surface area (Å²) in [5.74, 6) is -1.55. The summed E-state index contributed by atoms with van der Waals surface area (Å²) >= 11 is 1.38. The van der Waals surface area contributed by atoms with Gasteiger partial charge in [-0.15, -0.1) is 11.3 Å². The maximum Gasteiger partial charge on any atom is 0.341 e. The first kappa shape index (κ1) is 19.9. The number of esters is 2. The first-order valence-electron chi connectivity index (χ1n) is 8.88. The second kappa shape index (κ2) is 8.43. The summed E-state index contributed by atoms with van der Waals surface area (Å²) in [6.45, 7) is -0.436. The maximum atomic E-state index is 12.3. The highest BCUT2D eigenvalue weighted by atomic mass is 32.1. The number of nitrogens with zero attached hydrogens (tertiary/aromatic N) is 1. The average molecular weight is 402 g/mol. The molecule has 8 heteroatoms. The van der Waals surface area contributed by atoms with Crippen molar-refractivity contribution in [2.45, 2.75) is 19.3 Å². The Hall–Kier alpha value is -2.87. The minimum absolute atomic E-state index is 0.365. The zero-order valence-electron chi connectivity index (χ0n) is 16.0. The molecule has 1 aromatic carbocycles. The summed E-state index contributed by atoms with van der Waals surface area (Å²) in [6, 6.07) is 6.95. The molecule has 1 aliphatic rings. The molecule has 148 valence electrons. The summed E-state index contributed by atoms with van der Waals surface area (Å²) in [5, 5.41) is 3.14. The molecule has 0 fully saturated rings. The second-order valence-electron chi connectivity index (χ2n) is 6.62. The Morgan fingerprint density at radius 1 is 1.18 bits per heavy atom. The van der Waals surface area contributed by atoms with E-state index in [0.29, 0.717) is 16.1 Å². The van der Waals surface area contributed by atoms with Gasteiger partial charge in [0.25, 0.3) is 5.91 Å². The van der Waals surface area contributed by atoms with Crippen LogP contribution in [0.25, 0.3) is 0 Å². The standard InChI is InChI=1S/C20H22N2O5S/c1-22(2)13-7-4-6-12(10-13)19(24)27-11-16(23)21-18-17(20(25)26-3)14-8-5-9-15(14)28-18/h4,6-7,10H,5,8-9,11H2,1-3H3,(H,21,23). The van der Waals surface area contributed by atoms with E-state index in [1.807, 2.05) is 25.1 Å². The fraction of sp³-hybridized carbons (Fsp3) is 0.350. The minimum Gasteiger partial charge on any atom is -0.465 e. The van der Waals surface area contributed by atoms with E-state index < -0.39 is 24.5 Å². The highest BCUT2D eigenvalue weighted by Crippen LogP contribution is 2.39. The third-order valence-electron chi connectivity index (χ3n) is 4.50. The van der Waals surface area contributed by atoms with Gasteiger partial charge in [-0.2, -0.15) is 0 Å². The fourth-order valence-corrected chi connectivity index (χ4v) is 4.39. The van der Waals surface area contributed by atoms with Crippen molar-refractivity contribution in [2.75, 3.05) is 38.0 Å². The van der Waals surface area contributed by atoms with Crippen LogP contribution in [0.15, 0.2) is 24.3 Å². The topological polar surface area (TPSA) is 84.9 Å². The van der Waals surface area contributed by atoms with E-state index in [1.165, 1.54) is 18.4 Å². The highest BCUT2D eigenvalue weighted by molar-refractivity contribution is 7.17. The summed E-state index contributed by atoms with van der Waals surface area (Å²) in [7, 11) is 5.06. The van der Waals surface area contributed by atoms with Gasteiger partial charge in [0.1, 0.15) is 5.00 Å². The Morgan fingerprint density at radius 3 is 2.68 bits per heavy atom. The third kappa shape index (κ3) is 4.17. The predicted octanol–water partition coefficient (Wildman–Crippen LogP) is 2.88. The molecule has 7 nitrogen and oxygen atoms in total. The van der Waals surface area contributed by atoms with Crippen molar-refractivity contribution in [3.8, 4) is 0 Å². The molecule has 0 saturated carbocycles. The number of thiophene rings is 1. The monoisotopic (exact) mass is 402 g/mol. The van der Waals surface area contributed by atoms with Gasteiger partial charge < -0.3 is 19.7 Å². The summed E-state index contributed by atoms with van der Waals surface area (Å²) in [6.07, 6.45) is 2.67. The van der Waals surface area contributed by atoms with Gasteiger partial charge in [0.2, 0.25) is 0 Å². The number of ether oxygens (including phenoxy) is 2. The second-order valence-corrected chi connectivity index (χ2v) is 7.73. The van der Waals surface area contributed by atoms with Gasteiger partial charge in [-0.05, 0) is 43.0 Å². The van der Waals surface area contributed by atoms with Crippen LogP contribution in [0.1, 0.15) is 37.6 Å². The molecular weight excluding hydrogens is 380 g/mol. The van der Waals surface area contributed by atoms with Crippen LogP contribution in [0, 0.1) is 0 Å². The van der Waals surface area contributed by atoms with Gasteiger partial charge in [-0.3, -0.25) is 4.79 Å². The van der Waals surface area contributed by atoms with Crippen LogP contribution in [0.2, 0.25) is 0 Å². The molecular formula is C20H22N2O5S. The molecule has 28 heavy (non-hydrogen) atoms. The van der Waals surface area contributed by atoms with Gasteiger partial charge in [-0.1, -0.05) is 6.07 Å². The summed E-state index contributed by atoms with van der Waals surface area (Å²) in [5.41, 5.74) is 2.59. The SMILES string of the molecule is COC(=O)c1c(NC(=O)COC(=O)c2cccc(N(C)C)c2)sc2c1CCC2. The number of hydrogen-bond donors (Lipinski definition) is 1. The van der Waals surface area contributed by atoms with E-state index in [9.17, 15) is 14.4 Å². The van der Waals surface area contributed by atoms with Crippen LogP contribution in [0.4, 0.5) is 10.7 Å². The first-order valence-corrected chi connectivity index (χ1v) is 9.69. The van der Waals surface area contributed by atoms with Gasteiger partial charge in [0.05, 0.1) is 18.2 Å². The van der Waals surface area contributed by atoms with Crippen molar-refractivity contribution in [3.05, 3.63) is 45.8 Å². The molecule has 0 atom stereocenters. The van der Waals surface area contributed by atoms with E-state index in [1.54, 1.807) is 18.2 Å². The molecule has 3 rings (SSSR count). The third-order valence-corrected chi connectivity index (χ3v) is 5.70. The number of carbonyl (C=O) groups is 3. The van der Waals surface area contributed by atoms with Crippen molar-refractivity contribution >= 4 is 39.9 Å². The average Bonchev–Trinajstić information content (AvgIpc) is 3.26. The molecule has 0 unspecified atom stereocenters. The molecule has 1 N–H and O–H groups in total. The lowest BCUT2D eigenvalue weighted by Crippen LogP contribution is -2.22. The summed E-state index contributed by atoms with van der Waals surface area (Å²) in [4.78, 5) is 39.6. The Kier molecular flexibility index (Phi) is 5.99. The maximum absolute atomic E-state index is 12.3. The van der Waals surface area contributed by atoms with E-state index in [-0.39, 0.29) is 0 Å². The lowest BCUT2D eigenvalue weighted by Gasteiger charge is -2.13. The van der Waals surface area contributed by atoms with Crippen molar-refractivity contribution < 1.29 is 23.9 Å². The normalized spacial score (nSPS) is 12.2. The quantitative estimate of drug-likeness (QED) is 0.748. The number of anilines is 2. The smallest absolute Gasteiger partial charge is 0.341 e. The summed E-state index contributed by atoms with van der Waals surface area (Å²) < 4.78 is 9.98. The number of methoxy groups -OCH3 is 1. The Morgan fingerprint density at radius 2 is 1.96 bits per heavy atom. The lowest BCUT2D eigenvalue weighted by atomic mass is 10.1. The highest BCUT2D eigenvalue weighted by Gasteiger charge is 2.28. The molecule has 0 spiro atoms. The van der Waals surface area contributed by atoms with Gasteiger partial charge >= 0.3 is 11.9 Å². The molecule has 1 aliphatic carbocycles. The number of nitrogens with one attached hydrogen (secondary N) is 1. The van der Waals surface area contributed by atoms with Crippen LogP contribution >= 0.6 is 11.3 Å². The predicted molar refractivity (Wildman–Crippen MR) is 107 cm³/mol. The van der Waals surface area contributed by atoms with Crippen LogP contribution in [0.5, 0.6) is 0 Å². The Labute approximate surface area is 167 Å². The number of fused-ring (bicyclic) bond motifs is 1. The van der Waals surface area contributed by atoms with Crippen LogP contribution in [-0.4, -0.2) is 45.7 Å². The number of aryl methyl sites for hydroxylation is 1. The number of rotatable bonds is 6. The molecule has 0 saturated heterocycles.